The predicted molar refractivity (Wildman–Crippen MR) is 64.8 cm³/mol. The summed E-state index contributed by atoms with van der Waals surface area (Å²) in [6.45, 7) is 4.61. The van der Waals surface area contributed by atoms with Crippen molar-refractivity contribution in [1.29, 1.82) is 0 Å². The lowest BCUT2D eigenvalue weighted by Crippen LogP contribution is -2.17. The van der Waals surface area contributed by atoms with Crippen LogP contribution in [0.4, 0.5) is 0 Å². The normalized spacial score (nSPS) is 10.2. The van der Waals surface area contributed by atoms with Gasteiger partial charge >= 0.3 is 0 Å². The Kier molecular flexibility index (Phi) is 4.57. The summed E-state index contributed by atoms with van der Waals surface area (Å²) in [7, 11) is 1.60. The van der Waals surface area contributed by atoms with E-state index in [0.717, 1.165) is 11.3 Å². The summed E-state index contributed by atoms with van der Waals surface area (Å²) in [4.78, 5) is 0.267. The van der Waals surface area contributed by atoms with Crippen LogP contribution in [0, 0.1) is 13.8 Å². The van der Waals surface area contributed by atoms with E-state index >= 15 is 0 Å². The molecule has 1 heterocycles. The predicted octanol–water partition coefficient (Wildman–Crippen LogP) is 0.753. The van der Waals surface area contributed by atoms with Crippen molar-refractivity contribution in [3.8, 4) is 5.88 Å². The highest BCUT2D eigenvalue weighted by Gasteiger charge is 2.14. The lowest BCUT2D eigenvalue weighted by Gasteiger charge is -2.11. The van der Waals surface area contributed by atoms with E-state index in [4.69, 9.17) is 27.4 Å². The number of ether oxygens (including phenoxy) is 2. The van der Waals surface area contributed by atoms with E-state index in [-0.39, 0.29) is 4.99 Å². The molecule has 0 saturated heterocycles. The van der Waals surface area contributed by atoms with Gasteiger partial charge in [0.05, 0.1) is 17.9 Å². The minimum atomic E-state index is 0.267. The number of hydrogen-bond acceptors (Lipinski definition) is 5. The van der Waals surface area contributed by atoms with Gasteiger partial charge in [-0.1, -0.05) is 12.2 Å². The van der Waals surface area contributed by atoms with Crippen molar-refractivity contribution >= 4 is 17.2 Å². The molecule has 0 atom stereocenters. The highest BCUT2D eigenvalue weighted by molar-refractivity contribution is 7.80. The highest BCUT2D eigenvalue weighted by Crippen LogP contribution is 2.20. The van der Waals surface area contributed by atoms with Crippen molar-refractivity contribution in [3.63, 3.8) is 0 Å². The van der Waals surface area contributed by atoms with Crippen LogP contribution in [0.15, 0.2) is 0 Å². The molecule has 0 spiro atoms. The molecule has 0 fully saturated rings. The Balaban J connectivity index is 2.99. The molecule has 0 saturated carbocycles. The van der Waals surface area contributed by atoms with Crippen molar-refractivity contribution in [2.45, 2.75) is 13.8 Å². The number of methoxy groups -OCH3 is 1. The summed E-state index contributed by atoms with van der Waals surface area (Å²) in [5, 5.41) is 7.91. The molecule has 0 bridgehead atoms. The Morgan fingerprint density at radius 3 is 2.56 bits per heavy atom. The van der Waals surface area contributed by atoms with Crippen LogP contribution in [-0.2, 0) is 4.74 Å². The molecule has 0 amide bonds. The van der Waals surface area contributed by atoms with Gasteiger partial charge in [-0.05, 0) is 19.4 Å². The third-order valence-corrected chi connectivity index (χ3v) is 2.40. The Bertz CT molecular complexity index is 396. The molecule has 2 N–H and O–H groups in total. The van der Waals surface area contributed by atoms with Gasteiger partial charge in [0.2, 0.25) is 5.88 Å². The quantitative estimate of drug-likeness (QED) is 0.606. The fraction of sp³-hybridized carbons (Fsp3) is 0.500. The van der Waals surface area contributed by atoms with Crippen molar-refractivity contribution in [3.05, 3.63) is 16.8 Å². The molecule has 0 aromatic carbocycles. The Morgan fingerprint density at radius 1 is 1.31 bits per heavy atom. The second kappa shape index (κ2) is 5.72. The highest BCUT2D eigenvalue weighted by atomic mass is 32.1. The smallest absolute Gasteiger partial charge is 0.244 e. The van der Waals surface area contributed by atoms with E-state index in [1.54, 1.807) is 7.11 Å². The molecule has 0 aliphatic heterocycles. The van der Waals surface area contributed by atoms with Gasteiger partial charge in [-0.15, -0.1) is 5.10 Å². The number of aryl methyl sites for hydroxylation is 1. The Morgan fingerprint density at radius 2 is 2.00 bits per heavy atom. The van der Waals surface area contributed by atoms with Crippen molar-refractivity contribution in [2.24, 2.45) is 5.73 Å². The average molecular weight is 241 g/mol. The molecular formula is C10H15N3O2S. The zero-order valence-corrected chi connectivity index (χ0v) is 10.4. The number of aromatic nitrogens is 2. The molecule has 16 heavy (non-hydrogen) atoms. The molecule has 0 unspecified atom stereocenters. The first-order chi connectivity index (χ1) is 7.57. The number of thiocarbonyl (C=S) groups is 1. The van der Waals surface area contributed by atoms with Crippen LogP contribution in [0.25, 0.3) is 0 Å². The molecule has 1 aromatic rings. The lowest BCUT2D eigenvalue weighted by molar-refractivity contribution is 0.143. The van der Waals surface area contributed by atoms with Gasteiger partial charge in [0.1, 0.15) is 11.6 Å². The molecule has 0 aliphatic rings. The van der Waals surface area contributed by atoms with E-state index in [1.165, 1.54) is 0 Å². The summed E-state index contributed by atoms with van der Waals surface area (Å²) in [5.41, 5.74) is 7.98. The van der Waals surface area contributed by atoms with Crippen LogP contribution in [-0.4, -0.2) is 35.5 Å². The fourth-order valence-electron chi connectivity index (χ4n) is 1.20. The van der Waals surface area contributed by atoms with Crippen LogP contribution < -0.4 is 10.5 Å². The number of nitrogens with two attached hydrogens (primary N) is 1. The van der Waals surface area contributed by atoms with Crippen molar-refractivity contribution in [2.75, 3.05) is 20.3 Å². The van der Waals surface area contributed by atoms with E-state index in [2.05, 4.69) is 10.2 Å². The maximum Gasteiger partial charge on any atom is 0.244 e. The van der Waals surface area contributed by atoms with Crippen LogP contribution in [0.1, 0.15) is 16.8 Å². The second-order valence-electron chi connectivity index (χ2n) is 3.30. The Labute approximate surface area is 100.0 Å². The summed E-state index contributed by atoms with van der Waals surface area (Å²) >= 11 is 4.97. The monoisotopic (exact) mass is 241 g/mol. The molecule has 0 aliphatic carbocycles. The van der Waals surface area contributed by atoms with Crippen molar-refractivity contribution < 1.29 is 9.47 Å². The maximum atomic E-state index is 5.64. The minimum absolute atomic E-state index is 0.267. The molecular weight excluding hydrogens is 226 g/mol. The molecule has 6 heteroatoms. The van der Waals surface area contributed by atoms with Gasteiger partial charge < -0.3 is 15.2 Å². The number of hydrogen-bond donors (Lipinski definition) is 1. The largest absolute Gasteiger partial charge is 0.474 e. The van der Waals surface area contributed by atoms with E-state index < -0.39 is 0 Å². The first-order valence-corrected chi connectivity index (χ1v) is 5.24. The summed E-state index contributed by atoms with van der Waals surface area (Å²) in [6, 6.07) is 0. The molecule has 88 valence electrons. The molecule has 5 nitrogen and oxygen atoms in total. The standard InChI is InChI=1S/C10H15N3O2S/c1-6-7(2)12-13-10(8(6)9(11)16)15-5-4-14-3/h4-5H2,1-3H3,(H2,11,16). The van der Waals surface area contributed by atoms with E-state index in [1.807, 2.05) is 13.8 Å². The number of nitrogens with zero attached hydrogens (tertiary/aromatic N) is 2. The molecule has 1 aromatic heterocycles. The van der Waals surface area contributed by atoms with E-state index in [9.17, 15) is 0 Å². The van der Waals surface area contributed by atoms with Gasteiger partial charge in [0, 0.05) is 7.11 Å². The first-order valence-electron chi connectivity index (χ1n) is 4.83. The van der Waals surface area contributed by atoms with Crippen LogP contribution in [0.2, 0.25) is 0 Å². The third-order valence-electron chi connectivity index (χ3n) is 2.20. The zero-order chi connectivity index (χ0) is 12.1. The van der Waals surface area contributed by atoms with Crippen LogP contribution in [0.5, 0.6) is 5.88 Å². The zero-order valence-electron chi connectivity index (χ0n) is 9.61. The second-order valence-corrected chi connectivity index (χ2v) is 3.74. The van der Waals surface area contributed by atoms with Crippen LogP contribution in [0.3, 0.4) is 0 Å². The van der Waals surface area contributed by atoms with Gasteiger partial charge in [0.15, 0.2) is 0 Å². The maximum absolute atomic E-state index is 5.64. The van der Waals surface area contributed by atoms with Gasteiger partial charge in [-0.3, -0.25) is 0 Å². The van der Waals surface area contributed by atoms with Crippen molar-refractivity contribution in [1.82, 2.24) is 10.2 Å². The van der Waals surface area contributed by atoms with E-state index in [0.29, 0.717) is 24.7 Å². The first kappa shape index (κ1) is 12.8. The third kappa shape index (κ3) is 2.86. The van der Waals surface area contributed by atoms with Gasteiger partial charge in [-0.25, -0.2) is 0 Å². The fourth-order valence-corrected chi connectivity index (χ4v) is 1.44. The molecule has 1 rings (SSSR count). The topological polar surface area (TPSA) is 70.3 Å². The Hall–Kier alpha value is -1.27. The van der Waals surface area contributed by atoms with Crippen LogP contribution >= 0.6 is 12.2 Å². The lowest BCUT2D eigenvalue weighted by atomic mass is 10.1. The SMILES string of the molecule is COCCOc1nnc(C)c(C)c1C(N)=S. The summed E-state index contributed by atoms with van der Waals surface area (Å²) in [5.74, 6) is 0.368. The number of rotatable bonds is 5. The molecule has 0 radical (unpaired) electrons. The summed E-state index contributed by atoms with van der Waals surface area (Å²) in [6.07, 6.45) is 0. The summed E-state index contributed by atoms with van der Waals surface area (Å²) < 4.78 is 10.3. The van der Waals surface area contributed by atoms with Gasteiger partial charge in [0.25, 0.3) is 0 Å². The van der Waals surface area contributed by atoms with Gasteiger partial charge in [-0.2, -0.15) is 5.10 Å². The minimum Gasteiger partial charge on any atom is -0.474 e. The average Bonchev–Trinajstić information content (AvgIpc) is 2.23.